The Morgan fingerprint density at radius 2 is 1.75 bits per heavy atom. The lowest BCUT2D eigenvalue weighted by molar-refractivity contribution is -0.109. The first kappa shape index (κ1) is 12.2. The lowest BCUT2D eigenvalue weighted by atomic mass is 10.9. The molecule has 0 aromatic rings. The fraction of sp³-hybridized carbons (Fsp3) is 0.857. The Bertz CT molecular complexity index is 146. The van der Waals surface area contributed by atoms with Gasteiger partial charge in [0.1, 0.15) is 0 Å². The quantitative estimate of drug-likeness (QED) is 0.647. The minimum atomic E-state index is -2.25. The first-order valence-electron chi connectivity index (χ1n) is 4.01. The van der Waals surface area contributed by atoms with E-state index in [1.807, 2.05) is 20.4 Å². The van der Waals surface area contributed by atoms with Crippen molar-refractivity contribution in [2.24, 2.45) is 0 Å². The van der Waals surface area contributed by atoms with Gasteiger partial charge in [0, 0.05) is 20.1 Å². The first-order valence-corrected chi connectivity index (χ1v) is 7.87. The SMILES string of the molecule is CCO[Si](C)(OCC)SC(C)=O. The van der Waals surface area contributed by atoms with Gasteiger partial charge >= 0.3 is 7.71 Å². The Labute approximate surface area is 78.7 Å². The van der Waals surface area contributed by atoms with Crippen LogP contribution in [-0.4, -0.2) is 26.0 Å². The van der Waals surface area contributed by atoms with Crippen molar-refractivity contribution in [1.29, 1.82) is 0 Å². The molecule has 0 saturated carbocycles. The summed E-state index contributed by atoms with van der Waals surface area (Å²) >= 11 is 1.21. The topological polar surface area (TPSA) is 35.5 Å². The highest BCUT2D eigenvalue weighted by molar-refractivity contribution is 8.37. The molecule has 12 heavy (non-hydrogen) atoms. The second kappa shape index (κ2) is 5.74. The van der Waals surface area contributed by atoms with E-state index in [1.165, 1.54) is 18.1 Å². The lowest BCUT2D eigenvalue weighted by Crippen LogP contribution is -2.36. The number of carbonyl (C=O) groups is 1. The maximum Gasteiger partial charge on any atom is 0.410 e. The molecule has 0 amide bonds. The summed E-state index contributed by atoms with van der Waals surface area (Å²) in [4.78, 5) is 10.8. The third kappa shape index (κ3) is 4.92. The maximum atomic E-state index is 10.8. The zero-order chi connectivity index (χ0) is 9.61. The Balaban J connectivity index is 4.07. The smallest absolute Gasteiger partial charge is 0.387 e. The average molecular weight is 208 g/mol. The van der Waals surface area contributed by atoms with Gasteiger partial charge in [0.2, 0.25) is 0 Å². The van der Waals surface area contributed by atoms with Gasteiger partial charge in [0.15, 0.2) is 5.12 Å². The monoisotopic (exact) mass is 208 g/mol. The summed E-state index contributed by atoms with van der Waals surface area (Å²) < 4.78 is 10.9. The van der Waals surface area contributed by atoms with Crippen LogP contribution in [0.25, 0.3) is 0 Å². The van der Waals surface area contributed by atoms with Crippen LogP contribution in [0, 0.1) is 0 Å². The summed E-state index contributed by atoms with van der Waals surface area (Å²) in [5.74, 6) is 0. The van der Waals surface area contributed by atoms with E-state index in [1.54, 1.807) is 0 Å². The van der Waals surface area contributed by atoms with Crippen LogP contribution < -0.4 is 0 Å². The highest BCUT2D eigenvalue weighted by atomic mass is 32.4. The molecule has 5 heteroatoms. The molecule has 3 nitrogen and oxygen atoms in total. The summed E-state index contributed by atoms with van der Waals surface area (Å²) in [7, 11) is -2.25. The molecule has 0 N–H and O–H groups in total. The normalized spacial score (nSPS) is 11.7. The number of rotatable bonds is 5. The van der Waals surface area contributed by atoms with E-state index in [0.717, 1.165) is 0 Å². The van der Waals surface area contributed by atoms with E-state index in [4.69, 9.17) is 8.85 Å². The number of carbonyl (C=O) groups excluding carboxylic acids is 1. The maximum absolute atomic E-state index is 10.8. The van der Waals surface area contributed by atoms with Gasteiger partial charge in [-0.2, -0.15) is 0 Å². The molecular weight excluding hydrogens is 192 g/mol. The molecule has 0 heterocycles. The van der Waals surface area contributed by atoms with Crippen LogP contribution in [0.4, 0.5) is 0 Å². The molecular formula is C7H16O3SSi. The fourth-order valence-electron chi connectivity index (χ4n) is 0.886. The van der Waals surface area contributed by atoms with Crippen LogP contribution in [-0.2, 0) is 13.6 Å². The Morgan fingerprint density at radius 1 is 1.33 bits per heavy atom. The van der Waals surface area contributed by atoms with Gasteiger partial charge in [0.05, 0.1) is 0 Å². The van der Waals surface area contributed by atoms with Crippen LogP contribution in [0.15, 0.2) is 0 Å². The van der Waals surface area contributed by atoms with Crippen molar-refractivity contribution in [3.63, 3.8) is 0 Å². The summed E-state index contributed by atoms with van der Waals surface area (Å²) in [6.45, 7) is 8.45. The molecule has 0 spiro atoms. The third-order valence-corrected chi connectivity index (χ3v) is 6.11. The molecule has 0 fully saturated rings. The van der Waals surface area contributed by atoms with E-state index in [2.05, 4.69) is 0 Å². The second-order valence-corrected chi connectivity index (χ2v) is 8.24. The summed E-state index contributed by atoms with van der Waals surface area (Å²) in [6.07, 6.45) is 0. The average Bonchev–Trinajstić information content (AvgIpc) is 1.85. The predicted octanol–water partition coefficient (Wildman–Crippen LogP) is 1.91. The zero-order valence-electron chi connectivity index (χ0n) is 8.05. The molecule has 0 saturated heterocycles. The molecule has 0 aliphatic rings. The molecule has 0 aliphatic heterocycles. The highest BCUT2D eigenvalue weighted by Crippen LogP contribution is 2.23. The van der Waals surface area contributed by atoms with Crippen molar-refractivity contribution in [3.8, 4) is 0 Å². The highest BCUT2D eigenvalue weighted by Gasteiger charge is 2.34. The predicted molar refractivity (Wildman–Crippen MR) is 53.1 cm³/mol. The molecule has 0 radical (unpaired) electrons. The van der Waals surface area contributed by atoms with Crippen molar-refractivity contribution in [1.82, 2.24) is 0 Å². The van der Waals surface area contributed by atoms with Crippen LogP contribution >= 0.6 is 11.2 Å². The second-order valence-electron chi connectivity index (χ2n) is 2.32. The molecule has 72 valence electrons. The molecule has 0 bridgehead atoms. The summed E-state index contributed by atoms with van der Waals surface area (Å²) in [5.41, 5.74) is 0. The number of hydrogen-bond donors (Lipinski definition) is 0. The zero-order valence-corrected chi connectivity index (χ0v) is 9.86. The van der Waals surface area contributed by atoms with E-state index in [9.17, 15) is 4.79 Å². The van der Waals surface area contributed by atoms with Gasteiger partial charge in [0.25, 0.3) is 0 Å². The Morgan fingerprint density at radius 3 is 2.00 bits per heavy atom. The van der Waals surface area contributed by atoms with Crippen molar-refractivity contribution in [2.45, 2.75) is 27.3 Å². The van der Waals surface area contributed by atoms with Crippen LogP contribution in [0.3, 0.4) is 0 Å². The Hall–Kier alpha value is 0.157. The lowest BCUT2D eigenvalue weighted by Gasteiger charge is -2.23. The molecule has 0 rings (SSSR count). The van der Waals surface area contributed by atoms with E-state index in [-0.39, 0.29) is 5.12 Å². The van der Waals surface area contributed by atoms with Gasteiger partial charge < -0.3 is 8.85 Å². The van der Waals surface area contributed by atoms with Gasteiger partial charge in [-0.05, 0) is 20.4 Å². The third-order valence-electron chi connectivity index (χ3n) is 1.14. The van der Waals surface area contributed by atoms with Crippen molar-refractivity contribution in [3.05, 3.63) is 0 Å². The van der Waals surface area contributed by atoms with Gasteiger partial charge in [-0.3, -0.25) is 4.79 Å². The van der Waals surface area contributed by atoms with Crippen LogP contribution in [0.5, 0.6) is 0 Å². The minimum absolute atomic E-state index is 0.0612. The van der Waals surface area contributed by atoms with Crippen molar-refractivity contribution < 1.29 is 13.6 Å². The van der Waals surface area contributed by atoms with E-state index in [0.29, 0.717) is 13.2 Å². The summed E-state index contributed by atoms with van der Waals surface area (Å²) in [6, 6.07) is 0. The van der Waals surface area contributed by atoms with Gasteiger partial charge in [-0.1, -0.05) is 11.2 Å². The first-order chi connectivity index (χ1) is 5.54. The fourth-order valence-corrected chi connectivity index (χ4v) is 5.29. The number of hydrogen-bond acceptors (Lipinski definition) is 4. The van der Waals surface area contributed by atoms with Crippen LogP contribution in [0.2, 0.25) is 6.55 Å². The van der Waals surface area contributed by atoms with Gasteiger partial charge in [-0.15, -0.1) is 0 Å². The minimum Gasteiger partial charge on any atom is -0.387 e. The molecule has 0 atom stereocenters. The molecule has 0 aliphatic carbocycles. The van der Waals surface area contributed by atoms with Gasteiger partial charge in [-0.25, -0.2) is 0 Å². The summed E-state index contributed by atoms with van der Waals surface area (Å²) in [5, 5.41) is 0.0612. The van der Waals surface area contributed by atoms with Crippen LogP contribution in [0.1, 0.15) is 20.8 Å². The molecule has 0 aromatic carbocycles. The van der Waals surface area contributed by atoms with Crippen molar-refractivity contribution in [2.75, 3.05) is 13.2 Å². The molecule has 0 unspecified atom stereocenters. The molecule has 0 aromatic heterocycles. The van der Waals surface area contributed by atoms with E-state index < -0.39 is 7.71 Å². The standard InChI is InChI=1S/C7H16O3SSi/c1-5-9-12(4,10-6-2)11-7(3)8/h5-6H2,1-4H3. The van der Waals surface area contributed by atoms with Crippen molar-refractivity contribution >= 4 is 24.0 Å². The van der Waals surface area contributed by atoms with E-state index >= 15 is 0 Å². The largest absolute Gasteiger partial charge is 0.410 e. The Kier molecular flexibility index (Phi) is 5.82.